The third kappa shape index (κ3) is 6.22. The van der Waals surface area contributed by atoms with E-state index < -0.39 is 63.1 Å². The molecular weight excluding hydrogens is 378 g/mol. The van der Waals surface area contributed by atoms with Crippen LogP contribution in [0.25, 0.3) is 0 Å². The van der Waals surface area contributed by atoms with Gasteiger partial charge in [-0.05, 0) is 11.6 Å². The lowest BCUT2D eigenvalue weighted by molar-refractivity contribution is -0.141. The monoisotopic (exact) mass is 392 g/mol. The standard InChI is InChI=1S/C14H14F6O4S/c1-24-12(21)11(25(22,23)7-6-13(15,16)17)8-9-4-2-3-5-10(9)14(18,19)20/h2-5,11H,6-8H2,1H3. The molecule has 11 heteroatoms. The molecule has 0 aliphatic rings. The number of halogens is 6. The lowest BCUT2D eigenvalue weighted by Crippen LogP contribution is -2.36. The number of alkyl halides is 6. The van der Waals surface area contributed by atoms with Gasteiger partial charge in [0.25, 0.3) is 0 Å². The topological polar surface area (TPSA) is 60.4 Å². The molecule has 0 spiro atoms. The Labute approximate surface area is 139 Å². The zero-order valence-electron chi connectivity index (χ0n) is 12.8. The first-order chi connectivity index (χ1) is 11.3. The normalized spacial score (nSPS) is 14.2. The van der Waals surface area contributed by atoms with Crippen molar-refractivity contribution in [3.8, 4) is 0 Å². The van der Waals surface area contributed by atoms with Crippen LogP contribution in [0.1, 0.15) is 17.5 Å². The zero-order chi connectivity index (χ0) is 19.5. The predicted octanol–water partition coefficient (Wildman–Crippen LogP) is 3.16. The number of hydrogen-bond acceptors (Lipinski definition) is 4. The largest absolute Gasteiger partial charge is 0.468 e. The van der Waals surface area contributed by atoms with Crippen LogP contribution in [0.5, 0.6) is 0 Å². The Morgan fingerprint density at radius 3 is 2.16 bits per heavy atom. The van der Waals surface area contributed by atoms with E-state index in [4.69, 9.17) is 0 Å². The highest BCUT2D eigenvalue weighted by Gasteiger charge is 2.40. The van der Waals surface area contributed by atoms with Crippen LogP contribution in [-0.2, 0) is 32.0 Å². The fourth-order valence-corrected chi connectivity index (χ4v) is 3.69. The van der Waals surface area contributed by atoms with Crippen molar-refractivity contribution in [1.82, 2.24) is 0 Å². The molecule has 0 amide bonds. The van der Waals surface area contributed by atoms with Gasteiger partial charge in [-0.2, -0.15) is 26.3 Å². The molecule has 0 radical (unpaired) electrons. The summed E-state index contributed by atoms with van der Waals surface area (Å²) in [6, 6.07) is 3.91. The van der Waals surface area contributed by atoms with Crippen LogP contribution in [-0.4, -0.2) is 38.7 Å². The van der Waals surface area contributed by atoms with Gasteiger partial charge in [0.1, 0.15) is 0 Å². The Kier molecular flexibility index (Phi) is 6.49. The Bertz CT molecular complexity index is 709. The maximum atomic E-state index is 13.0. The molecule has 1 atom stereocenters. The van der Waals surface area contributed by atoms with Crippen molar-refractivity contribution in [3.05, 3.63) is 35.4 Å². The molecule has 1 unspecified atom stereocenters. The highest BCUT2D eigenvalue weighted by atomic mass is 32.2. The number of methoxy groups -OCH3 is 1. The molecule has 25 heavy (non-hydrogen) atoms. The Morgan fingerprint density at radius 2 is 1.68 bits per heavy atom. The van der Waals surface area contributed by atoms with Gasteiger partial charge in [0.05, 0.1) is 24.8 Å². The van der Waals surface area contributed by atoms with E-state index in [-0.39, 0.29) is 0 Å². The van der Waals surface area contributed by atoms with Gasteiger partial charge in [0, 0.05) is 6.42 Å². The van der Waals surface area contributed by atoms with Crippen molar-refractivity contribution in [2.45, 2.75) is 30.4 Å². The number of carbonyl (C=O) groups excluding carboxylic acids is 1. The van der Waals surface area contributed by atoms with Gasteiger partial charge in [-0.3, -0.25) is 4.79 Å². The lowest BCUT2D eigenvalue weighted by atomic mass is 10.0. The van der Waals surface area contributed by atoms with Crippen molar-refractivity contribution in [2.24, 2.45) is 0 Å². The highest BCUT2D eigenvalue weighted by molar-refractivity contribution is 7.92. The molecule has 1 aromatic rings. The average molecular weight is 392 g/mol. The number of rotatable bonds is 6. The van der Waals surface area contributed by atoms with Crippen LogP contribution in [0.2, 0.25) is 0 Å². The zero-order valence-corrected chi connectivity index (χ0v) is 13.6. The predicted molar refractivity (Wildman–Crippen MR) is 75.4 cm³/mol. The molecule has 0 N–H and O–H groups in total. The van der Waals surface area contributed by atoms with Crippen LogP contribution >= 0.6 is 0 Å². The van der Waals surface area contributed by atoms with Crippen molar-refractivity contribution in [3.63, 3.8) is 0 Å². The van der Waals surface area contributed by atoms with E-state index in [9.17, 15) is 39.6 Å². The summed E-state index contributed by atoms with van der Waals surface area (Å²) in [6.45, 7) is 0. The SMILES string of the molecule is COC(=O)C(Cc1ccccc1C(F)(F)F)S(=O)(=O)CCC(F)(F)F. The third-order valence-electron chi connectivity index (χ3n) is 3.30. The number of esters is 1. The number of ether oxygens (including phenoxy) is 1. The molecule has 0 aliphatic heterocycles. The summed E-state index contributed by atoms with van der Waals surface area (Å²) in [4.78, 5) is 11.7. The average Bonchev–Trinajstić information content (AvgIpc) is 2.48. The van der Waals surface area contributed by atoms with Gasteiger partial charge in [-0.25, -0.2) is 8.42 Å². The summed E-state index contributed by atoms with van der Waals surface area (Å²) in [5.74, 6) is -2.84. The molecular formula is C14H14F6O4S. The summed E-state index contributed by atoms with van der Waals surface area (Å²) in [7, 11) is -3.89. The van der Waals surface area contributed by atoms with E-state index in [1.54, 1.807) is 0 Å². The molecule has 0 bridgehead atoms. The summed E-state index contributed by atoms with van der Waals surface area (Å²) >= 11 is 0. The summed E-state index contributed by atoms with van der Waals surface area (Å²) in [5, 5.41) is -2.16. The van der Waals surface area contributed by atoms with E-state index in [1.165, 1.54) is 6.07 Å². The first-order valence-corrected chi connectivity index (χ1v) is 8.50. The first-order valence-electron chi connectivity index (χ1n) is 6.79. The molecule has 1 rings (SSSR count). The number of benzene rings is 1. The molecule has 0 aromatic heterocycles. The molecule has 0 saturated carbocycles. The van der Waals surface area contributed by atoms with Crippen LogP contribution in [0, 0.1) is 0 Å². The van der Waals surface area contributed by atoms with Gasteiger partial charge >= 0.3 is 18.3 Å². The minimum atomic E-state index is -4.81. The fraction of sp³-hybridized carbons (Fsp3) is 0.500. The lowest BCUT2D eigenvalue weighted by Gasteiger charge is -2.19. The minimum absolute atomic E-state index is 0.527. The van der Waals surface area contributed by atoms with E-state index in [0.717, 1.165) is 19.2 Å². The van der Waals surface area contributed by atoms with Crippen LogP contribution < -0.4 is 0 Å². The summed E-state index contributed by atoms with van der Waals surface area (Å²) in [5.41, 5.74) is -1.70. The quantitative estimate of drug-likeness (QED) is 0.551. The van der Waals surface area contributed by atoms with Gasteiger partial charge in [0.2, 0.25) is 0 Å². The molecule has 1 aromatic carbocycles. The van der Waals surface area contributed by atoms with Gasteiger partial charge in [-0.15, -0.1) is 0 Å². The van der Waals surface area contributed by atoms with Crippen molar-refractivity contribution in [2.75, 3.05) is 12.9 Å². The van der Waals surface area contributed by atoms with Gasteiger partial charge in [-0.1, -0.05) is 18.2 Å². The maximum absolute atomic E-state index is 13.0. The molecule has 0 heterocycles. The second-order valence-corrected chi connectivity index (χ2v) is 7.41. The van der Waals surface area contributed by atoms with Crippen LogP contribution in [0.15, 0.2) is 24.3 Å². The van der Waals surface area contributed by atoms with Gasteiger partial charge in [0.15, 0.2) is 15.1 Å². The van der Waals surface area contributed by atoms with Crippen LogP contribution in [0.3, 0.4) is 0 Å². The van der Waals surface area contributed by atoms with E-state index in [2.05, 4.69) is 4.74 Å². The number of sulfone groups is 1. The molecule has 0 fully saturated rings. The van der Waals surface area contributed by atoms with Crippen molar-refractivity contribution >= 4 is 15.8 Å². The Balaban J connectivity index is 3.21. The van der Waals surface area contributed by atoms with Crippen LogP contribution in [0.4, 0.5) is 26.3 Å². The molecule has 0 saturated heterocycles. The number of carbonyl (C=O) groups is 1. The Morgan fingerprint density at radius 1 is 1.12 bits per heavy atom. The van der Waals surface area contributed by atoms with E-state index >= 15 is 0 Å². The summed E-state index contributed by atoms with van der Waals surface area (Å²) < 4.78 is 104. The second kappa shape index (κ2) is 7.63. The minimum Gasteiger partial charge on any atom is -0.468 e. The summed E-state index contributed by atoms with van der Waals surface area (Å²) in [6.07, 6.45) is -12.3. The maximum Gasteiger partial charge on any atom is 0.416 e. The fourth-order valence-electron chi connectivity index (χ4n) is 2.06. The van der Waals surface area contributed by atoms with E-state index in [1.807, 2.05) is 0 Å². The van der Waals surface area contributed by atoms with Crippen molar-refractivity contribution in [1.29, 1.82) is 0 Å². The third-order valence-corrected chi connectivity index (χ3v) is 5.29. The number of hydrogen-bond donors (Lipinski definition) is 0. The molecule has 0 aliphatic carbocycles. The molecule has 4 nitrogen and oxygen atoms in total. The second-order valence-electron chi connectivity index (χ2n) is 5.10. The van der Waals surface area contributed by atoms with Gasteiger partial charge < -0.3 is 4.74 Å². The van der Waals surface area contributed by atoms with Crippen molar-refractivity contribution < 1.29 is 44.3 Å². The Hall–Kier alpha value is -1.78. The first kappa shape index (κ1) is 21.3. The smallest absolute Gasteiger partial charge is 0.416 e. The molecule has 142 valence electrons. The highest BCUT2D eigenvalue weighted by Crippen LogP contribution is 2.33. The van der Waals surface area contributed by atoms with E-state index in [0.29, 0.717) is 6.07 Å².